The molecule has 0 saturated carbocycles. The van der Waals surface area contributed by atoms with E-state index in [4.69, 9.17) is 17.3 Å². The minimum atomic E-state index is 0.267. The summed E-state index contributed by atoms with van der Waals surface area (Å²) >= 11 is 7.75. The Labute approximate surface area is 122 Å². The van der Waals surface area contributed by atoms with Gasteiger partial charge in [-0.05, 0) is 11.6 Å². The van der Waals surface area contributed by atoms with E-state index in [2.05, 4.69) is 23.8 Å². The van der Waals surface area contributed by atoms with Crippen LogP contribution < -0.4 is 5.73 Å². The van der Waals surface area contributed by atoms with Crippen LogP contribution in [0.1, 0.15) is 31.2 Å². The second-order valence-corrected chi connectivity index (χ2v) is 5.93. The molecule has 2 rings (SSSR count). The van der Waals surface area contributed by atoms with Crippen molar-refractivity contribution in [1.82, 2.24) is 9.97 Å². The van der Waals surface area contributed by atoms with Crippen LogP contribution in [0.2, 0.25) is 5.02 Å². The molecule has 0 aliphatic carbocycles. The van der Waals surface area contributed by atoms with Crippen LogP contribution in [0.4, 0.5) is 5.82 Å². The molecule has 2 N–H and O–H groups in total. The van der Waals surface area contributed by atoms with Gasteiger partial charge in [0.05, 0.1) is 0 Å². The van der Waals surface area contributed by atoms with Gasteiger partial charge in [-0.3, -0.25) is 0 Å². The monoisotopic (exact) mass is 293 g/mol. The van der Waals surface area contributed by atoms with Gasteiger partial charge < -0.3 is 5.73 Å². The number of thioether (sulfide) groups is 1. The lowest BCUT2D eigenvalue weighted by molar-refractivity contribution is 0.756. The minimum absolute atomic E-state index is 0.267. The van der Waals surface area contributed by atoms with Crippen LogP contribution in [0.25, 0.3) is 0 Å². The number of halogens is 1. The van der Waals surface area contributed by atoms with Crippen molar-refractivity contribution >= 4 is 29.2 Å². The fraction of sp³-hybridized carbons (Fsp3) is 0.286. The van der Waals surface area contributed by atoms with Gasteiger partial charge in [-0.15, -0.1) is 11.8 Å². The molecular formula is C14H16ClN3S. The van der Waals surface area contributed by atoms with E-state index in [1.54, 1.807) is 17.8 Å². The summed E-state index contributed by atoms with van der Waals surface area (Å²) in [7, 11) is 0. The van der Waals surface area contributed by atoms with Gasteiger partial charge in [-0.2, -0.15) is 0 Å². The first-order valence-corrected chi connectivity index (χ1v) is 7.43. The summed E-state index contributed by atoms with van der Waals surface area (Å²) in [5.41, 5.74) is 6.90. The Balaban J connectivity index is 2.14. The Morgan fingerprint density at radius 2 is 2.00 bits per heavy atom. The molecule has 0 aliphatic rings. The van der Waals surface area contributed by atoms with Gasteiger partial charge in [-0.1, -0.05) is 43.6 Å². The van der Waals surface area contributed by atoms with Gasteiger partial charge in [-0.25, -0.2) is 9.97 Å². The molecule has 19 heavy (non-hydrogen) atoms. The zero-order chi connectivity index (χ0) is 13.8. The second-order valence-electron chi connectivity index (χ2n) is 4.52. The number of rotatable bonds is 4. The van der Waals surface area contributed by atoms with E-state index in [0.29, 0.717) is 5.82 Å². The Morgan fingerprint density at radius 1 is 1.26 bits per heavy atom. The van der Waals surface area contributed by atoms with Gasteiger partial charge in [0.1, 0.15) is 16.7 Å². The largest absolute Gasteiger partial charge is 0.384 e. The highest BCUT2D eigenvalue weighted by Gasteiger charge is 2.08. The van der Waals surface area contributed by atoms with E-state index >= 15 is 0 Å². The van der Waals surface area contributed by atoms with Crippen molar-refractivity contribution in [1.29, 1.82) is 0 Å². The average molecular weight is 294 g/mol. The number of aromatic nitrogens is 2. The minimum Gasteiger partial charge on any atom is -0.384 e. The Bertz CT molecular complexity index is 572. The summed E-state index contributed by atoms with van der Waals surface area (Å²) in [5.74, 6) is 2.33. The molecule has 5 heteroatoms. The zero-order valence-corrected chi connectivity index (χ0v) is 12.5. The van der Waals surface area contributed by atoms with Crippen LogP contribution in [-0.4, -0.2) is 9.97 Å². The van der Waals surface area contributed by atoms with Gasteiger partial charge in [0.15, 0.2) is 0 Å². The third-order valence-corrected chi connectivity index (χ3v) is 3.92. The molecule has 1 aromatic heterocycles. The van der Waals surface area contributed by atoms with Gasteiger partial charge >= 0.3 is 0 Å². The Kier molecular flexibility index (Phi) is 4.66. The van der Waals surface area contributed by atoms with Crippen molar-refractivity contribution < 1.29 is 0 Å². The summed E-state index contributed by atoms with van der Waals surface area (Å²) in [6, 6.07) is 9.62. The summed E-state index contributed by atoms with van der Waals surface area (Å²) in [5, 5.41) is 1.66. The summed E-state index contributed by atoms with van der Waals surface area (Å²) < 4.78 is 0. The fourth-order valence-corrected chi connectivity index (χ4v) is 2.76. The number of anilines is 1. The molecule has 0 amide bonds. The van der Waals surface area contributed by atoms with Crippen LogP contribution in [0.3, 0.4) is 0 Å². The number of nitrogen functional groups attached to an aromatic ring is 1. The first-order chi connectivity index (χ1) is 9.06. The van der Waals surface area contributed by atoms with Crippen LogP contribution in [0.5, 0.6) is 0 Å². The molecule has 0 unspecified atom stereocenters. The molecule has 100 valence electrons. The van der Waals surface area contributed by atoms with E-state index in [0.717, 1.165) is 27.2 Å². The molecular weight excluding hydrogens is 278 g/mol. The van der Waals surface area contributed by atoms with Gasteiger partial charge in [0.2, 0.25) is 0 Å². The highest BCUT2D eigenvalue weighted by atomic mass is 35.5. The molecule has 0 fully saturated rings. The van der Waals surface area contributed by atoms with Crippen molar-refractivity contribution in [3.8, 4) is 0 Å². The lowest BCUT2D eigenvalue weighted by Crippen LogP contribution is -2.02. The molecule has 3 nitrogen and oxygen atoms in total. The van der Waals surface area contributed by atoms with Gasteiger partial charge in [0, 0.05) is 22.8 Å². The predicted octanol–water partition coefficient (Wildman–Crippen LogP) is 4.13. The SMILES string of the molecule is CC(C)c1nc(N)cc(SCc2ccccc2Cl)n1. The quantitative estimate of drug-likeness (QED) is 0.680. The third kappa shape index (κ3) is 3.85. The molecule has 0 bridgehead atoms. The zero-order valence-electron chi connectivity index (χ0n) is 10.9. The van der Waals surface area contributed by atoms with E-state index in [1.165, 1.54) is 0 Å². The molecule has 0 aliphatic heterocycles. The first kappa shape index (κ1) is 14.2. The fourth-order valence-electron chi connectivity index (χ4n) is 1.56. The number of hydrogen-bond donors (Lipinski definition) is 1. The molecule has 0 spiro atoms. The highest BCUT2D eigenvalue weighted by Crippen LogP contribution is 2.27. The van der Waals surface area contributed by atoms with E-state index in [1.807, 2.05) is 24.3 Å². The molecule has 1 heterocycles. The van der Waals surface area contributed by atoms with Crippen LogP contribution >= 0.6 is 23.4 Å². The number of hydrogen-bond acceptors (Lipinski definition) is 4. The highest BCUT2D eigenvalue weighted by molar-refractivity contribution is 7.98. The maximum Gasteiger partial charge on any atom is 0.134 e. The van der Waals surface area contributed by atoms with Crippen molar-refractivity contribution in [2.45, 2.75) is 30.5 Å². The second kappa shape index (κ2) is 6.26. The topological polar surface area (TPSA) is 51.8 Å². The number of nitrogens with zero attached hydrogens (tertiary/aromatic N) is 2. The number of nitrogens with two attached hydrogens (primary N) is 1. The van der Waals surface area contributed by atoms with E-state index < -0.39 is 0 Å². The van der Waals surface area contributed by atoms with Crippen molar-refractivity contribution in [3.05, 3.63) is 46.7 Å². The van der Waals surface area contributed by atoms with Crippen molar-refractivity contribution in [3.63, 3.8) is 0 Å². The molecule has 0 saturated heterocycles. The predicted molar refractivity (Wildman–Crippen MR) is 81.5 cm³/mol. The lowest BCUT2D eigenvalue weighted by atomic mass is 10.2. The third-order valence-electron chi connectivity index (χ3n) is 2.59. The van der Waals surface area contributed by atoms with Crippen molar-refractivity contribution in [2.75, 3.05) is 5.73 Å². The summed E-state index contributed by atoms with van der Waals surface area (Å²) in [6.45, 7) is 4.11. The lowest BCUT2D eigenvalue weighted by Gasteiger charge is -2.08. The molecule has 2 aromatic rings. The standard InChI is InChI=1S/C14H16ClN3S/c1-9(2)14-17-12(16)7-13(18-14)19-8-10-5-3-4-6-11(10)15/h3-7,9H,8H2,1-2H3,(H2,16,17,18). The number of benzene rings is 1. The Hall–Kier alpha value is -1.26. The average Bonchev–Trinajstić information content (AvgIpc) is 2.37. The Morgan fingerprint density at radius 3 is 2.68 bits per heavy atom. The first-order valence-electron chi connectivity index (χ1n) is 6.07. The summed E-state index contributed by atoms with van der Waals surface area (Å²) in [6.07, 6.45) is 0. The maximum absolute atomic E-state index is 6.13. The van der Waals surface area contributed by atoms with Gasteiger partial charge in [0.25, 0.3) is 0 Å². The van der Waals surface area contributed by atoms with E-state index in [-0.39, 0.29) is 5.92 Å². The molecule has 0 radical (unpaired) electrons. The van der Waals surface area contributed by atoms with Crippen LogP contribution in [-0.2, 0) is 5.75 Å². The maximum atomic E-state index is 6.13. The van der Waals surface area contributed by atoms with Crippen molar-refractivity contribution in [2.24, 2.45) is 0 Å². The van der Waals surface area contributed by atoms with Crippen LogP contribution in [0.15, 0.2) is 35.4 Å². The summed E-state index contributed by atoms with van der Waals surface area (Å²) in [4.78, 5) is 8.74. The van der Waals surface area contributed by atoms with Crippen LogP contribution in [0, 0.1) is 0 Å². The smallest absolute Gasteiger partial charge is 0.134 e. The molecule has 1 aromatic carbocycles. The molecule has 0 atom stereocenters. The van der Waals surface area contributed by atoms with E-state index in [9.17, 15) is 0 Å². The normalized spacial score (nSPS) is 10.9.